The molecule has 4 nitrogen and oxygen atoms in total. The average molecular weight is 326 g/mol. The number of benzene rings is 1. The number of nitrogens with one attached hydrogen (secondary N) is 1. The lowest BCUT2D eigenvalue weighted by atomic mass is 9.76. The van der Waals surface area contributed by atoms with Crippen molar-refractivity contribution >= 4 is 21.9 Å². The molecule has 0 heterocycles. The second-order valence-electron chi connectivity index (χ2n) is 4.82. The molecule has 104 valence electrons. The van der Waals surface area contributed by atoms with Crippen LogP contribution in [0.2, 0.25) is 0 Å². The highest BCUT2D eigenvalue weighted by Crippen LogP contribution is 2.37. The maximum atomic E-state index is 5.81. The number of nitrogens with zero attached hydrogens (tertiary/aromatic N) is 1. The van der Waals surface area contributed by atoms with E-state index in [4.69, 9.17) is 10.5 Å². The highest BCUT2D eigenvalue weighted by Gasteiger charge is 2.30. The van der Waals surface area contributed by atoms with Crippen LogP contribution in [0.4, 0.5) is 0 Å². The zero-order chi connectivity index (χ0) is 13.7. The van der Waals surface area contributed by atoms with E-state index in [0.717, 1.165) is 17.3 Å². The van der Waals surface area contributed by atoms with Crippen LogP contribution in [0.3, 0.4) is 0 Å². The number of halogens is 1. The van der Waals surface area contributed by atoms with Crippen LogP contribution in [0.15, 0.2) is 33.7 Å². The zero-order valence-electron chi connectivity index (χ0n) is 11.1. The molecule has 1 aromatic rings. The summed E-state index contributed by atoms with van der Waals surface area (Å²) in [7, 11) is 1.66. The Morgan fingerprint density at radius 1 is 1.42 bits per heavy atom. The van der Waals surface area contributed by atoms with Gasteiger partial charge in [-0.15, -0.1) is 0 Å². The zero-order valence-corrected chi connectivity index (χ0v) is 12.7. The molecular weight excluding hydrogens is 306 g/mol. The number of hydrogen-bond acceptors (Lipinski definition) is 2. The first-order valence-corrected chi connectivity index (χ1v) is 7.29. The Hall–Kier alpha value is -1.07. The smallest absolute Gasteiger partial charge is 0.188 e. The van der Waals surface area contributed by atoms with E-state index in [2.05, 4.69) is 50.5 Å². The van der Waals surface area contributed by atoms with Crippen molar-refractivity contribution < 1.29 is 4.74 Å². The van der Waals surface area contributed by atoms with Crippen molar-refractivity contribution in [2.45, 2.75) is 24.8 Å². The van der Waals surface area contributed by atoms with Gasteiger partial charge in [0.1, 0.15) is 0 Å². The summed E-state index contributed by atoms with van der Waals surface area (Å²) in [4.78, 5) is 4.20. The van der Waals surface area contributed by atoms with Gasteiger partial charge in [0.25, 0.3) is 0 Å². The van der Waals surface area contributed by atoms with E-state index in [1.165, 1.54) is 5.56 Å². The summed E-state index contributed by atoms with van der Waals surface area (Å²) in [6.45, 7) is 1.22. The van der Waals surface area contributed by atoms with Crippen LogP contribution in [0.5, 0.6) is 0 Å². The molecular formula is C14H20BrN3O. The SMILES string of the molecule is COCCN=C(N)NC1CC(c2ccc(Br)cc2)C1. The van der Waals surface area contributed by atoms with Crippen LogP contribution in [0.25, 0.3) is 0 Å². The van der Waals surface area contributed by atoms with Gasteiger partial charge in [-0.25, -0.2) is 0 Å². The number of rotatable bonds is 5. The van der Waals surface area contributed by atoms with Crippen molar-refractivity contribution in [2.75, 3.05) is 20.3 Å². The highest BCUT2D eigenvalue weighted by atomic mass is 79.9. The Kier molecular flexibility index (Phi) is 5.22. The monoisotopic (exact) mass is 325 g/mol. The van der Waals surface area contributed by atoms with Crippen molar-refractivity contribution in [2.24, 2.45) is 10.7 Å². The fourth-order valence-electron chi connectivity index (χ4n) is 2.25. The summed E-state index contributed by atoms with van der Waals surface area (Å²) in [6.07, 6.45) is 2.23. The van der Waals surface area contributed by atoms with Crippen LogP contribution in [0, 0.1) is 0 Å². The topological polar surface area (TPSA) is 59.6 Å². The van der Waals surface area contributed by atoms with E-state index < -0.39 is 0 Å². The lowest BCUT2D eigenvalue weighted by Crippen LogP contribution is -2.46. The van der Waals surface area contributed by atoms with E-state index >= 15 is 0 Å². The molecule has 0 saturated heterocycles. The Morgan fingerprint density at radius 3 is 2.74 bits per heavy atom. The number of ether oxygens (including phenoxy) is 1. The highest BCUT2D eigenvalue weighted by molar-refractivity contribution is 9.10. The predicted molar refractivity (Wildman–Crippen MR) is 81.4 cm³/mol. The van der Waals surface area contributed by atoms with Crippen LogP contribution in [-0.4, -0.2) is 32.3 Å². The molecule has 5 heteroatoms. The van der Waals surface area contributed by atoms with Gasteiger partial charge >= 0.3 is 0 Å². The Morgan fingerprint density at radius 2 is 2.11 bits per heavy atom. The second kappa shape index (κ2) is 6.91. The van der Waals surface area contributed by atoms with Crippen molar-refractivity contribution in [3.8, 4) is 0 Å². The minimum atomic E-state index is 0.444. The van der Waals surface area contributed by atoms with Gasteiger partial charge in [0.15, 0.2) is 5.96 Å². The largest absolute Gasteiger partial charge is 0.383 e. The summed E-state index contributed by atoms with van der Waals surface area (Å²) < 4.78 is 6.05. The standard InChI is InChI=1S/C14H20BrN3O/c1-19-7-6-17-14(16)18-13-8-11(9-13)10-2-4-12(15)5-3-10/h2-5,11,13H,6-9H2,1H3,(H3,16,17,18). The number of methoxy groups -OCH3 is 1. The third-order valence-corrected chi connectivity index (χ3v) is 3.94. The number of guanidine groups is 1. The predicted octanol–water partition coefficient (Wildman–Crippen LogP) is 2.25. The minimum absolute atomic E-state index is 0.444. The molecule has 0 amide bonds. The molecule has 1 saturated carbocycles. The summed E-state index contributed by atoms with van der Waals surface area (Å²) in [5, 5.41) is 3.25. The summed E-state index contributed by atoms with van der Waals surface area (Å²) in [6, 6.07) is 9.00. The lowest BCUT2D eigenvalue weighted by molar-refractivity contribution is 0.207. The fourth-order valence-corrected chi connectivity index (χ4v) is 2.52. The molecule has 0 unspecified atom stereocenters. The summed E-state index contributed by atoms with van der Waals surface area (Å²) in [5.41, 5.74) is 7.21. The average Bonchev–Trinajstić information content (AvgIpc) is 2.35. The van der Waals surface area contributed by atoms with Gasteiger partial charge in [-0.05, 0) is 36.5 Å². The van der Waals surface area contributed by atoms with Crippen molar-refractivity contribution in [1.82, 2.24) is 5.32 Å². The summed E-state index contributed by atoms with van der Waals surface area (Å²) in [5.74, 6) is 1.16. The Balaban J connectivity index is 1.74. The first-order valence-electron chi connectivity index (χ1n) is 6.50. The molecule has 1 aromatic carbocycles. The van der Waals surface area contributed by atoms with E-state index in [9.17, 15) is 0 Å². The molecule has 0 radical (unpaired) electrons. The van der Waals surface area contributed by atoms with Crippen molar-refractivity contribution in [1.29, 1.82) is 0 Å². The molecule has 1 aliphatic carbocycles. The molecule has 1 fully saturated rings. The lowest BCUT2D eigenvalue weighted by Gasteiger charge is -2.36. The number of aliphatic imine (C=N–C) groups is 1. The fraction of sp³-hybridized carbons (Fsp3) is 0.500. The van der Waals surface area contributed by atoms with Crippen molar-refractivity contribution in [3.63, 3.8) is 0 Å². The normalized spacial score (nSPS) is 22.9. The number of hydrogen-bond donors (Lipinski definition) is 2. The first kappa shape index (κ1) is 14.3. The molecule has 0 aromatic heterocycles. The van der Waals surface area contributed by atoms with E-state index in [1.54, 1.807) is 7.11 Å². The van der Waals surface area contributed by atoms with Crippen LogP contribution in [0.1, 0.15) is 24.3 Å². The molecule has 19 heavy (non-hydrogen) atoms. The molecule has 3 N–H and O–H groups in total. The van der Waals surface area contributed by atoms with Crippen LogP contribution >= 0.6 is 15.9 Å². The molecule has 0 spiro atoms. The maximum Gasteiger partial charge on any atom is 0.188 e. The Labute approximate surface area is 122 Å². The van der Waals surface area contributed by atoms with Gasteiger partial charge in [-0.1, -0.05) is 28.1 Å². The minimum Gasteiger partial charge on any atom is -0.383 e. The van der Waals surface area contributed by atoms with Gasteiger partial charge in [-0.2, -0.15) is 0 Å². The molecule has 2 rings (SSSR count). The molecule has 1 aliphatic rings. The van der Waals surface area contributed by atoms with Gasteiger partial charge in [0, 0.05) is 17.6 Å². The third kappa shape index (κ3) is 4.21. The second-order valence-corrected chi connectivity index (χ2v) is 5.74. The quantitative estimate of drug-likeness (QED) is 0.496. The van der Waals surface area contributed by atoms with Gasteiger partial charge < -0.3 is 15.8 Å². The first-order chi connectivity index (χ1) is 9.19. The van der Waals surface area contributed by atoms with Gasteiger partial charge in [0.2, 0.25) is 0 Å². The van der Waals surface area contributed by atoms with Crippen LogP contribution in [-0.2, 0) is 4.74 Å². The summed E-state index contributed by atoms with van der Waals surface area (Å²) >= 11 is 3.45. The Bertz CT molecular complexity index is 427. The maximum absolute atomic E-state index is 5.81. The van der Waals surface area contributed by atoms with E-state index in [1.807, 2.05) is 0 Å². The van der Waals surface area contributed by atoms with Crippen molar-refractivity contribution in [3.05, 3.63) is 34.3 Å². The van der Waals surface area contributed by atoms with E-state index in [0.29, 0.717) is 31.1 Å². The van der Waals surface area contributed by atoms with Gasteiger partial charge in [0.05, 0.1) is 13.2 Å². The molecule has 0 atom stereocenters. The van der Waals surface area contributed by atoms with Crippen LogP contribution < -0.4 is 11.1 Å². The van der Waals surface area contributed by atoms with E-state index in [-0.39, 0.29) is 0 Å². The molecule has 0 aliphatic heterocycles. The molecule has 0 bridgehead atoms. The number of nitrogens with two attached hydrogens (primary N) is 1. The van der Waals surface area contributed by atoms with Gasteiger partial charge in [-0.3, -0.25) is 4.99 Å². The third-order valence-electron chi connectivity index (χ3n) is 3.41.